The fraction of sp³-hybridized carbons (Fsp3) is 0.421. The third-order valence-electron chi connectivity index (χ3n) is 3.64. The third-order valence-corrected chi connectivity index (χ3v) is 4.52. The highest BCUT2D eigenvalue weighted by Gasteiger charge is 2.01. The van der Waals surface area contributed by atoms with Gasteiger partial charge in [-0.25, -0.2) is 4.79 Å². The summed E-state index contributed by atoms with van der Waals surface area (Å²) in [6, 6.07) is 13.9. The number of ether oxygens (including phenoxy) is 1. The van der Waals surface area contributed by atoms with Crippen LogP contribution in [0.25, 0.3) is 0 Å². The lowest BCUT2D eigenvalue weighted by Gasteiger charge is -2.07. The lowest BCUT2D eigenvalue weighted by atomic mass is 10.2. The van der Waals surface area contributed by atoms with Gasteiger partial charge < -0.3 is 15.4 Å². The minimum atomic E-state index is -0.337. The van der Waals surface area contributed by atoms with Gasteiger partial charge in [-0.15, -0.1) is 11.3 Å². The largest absolute Gasteiger partial charge is 0.445 e. The number of benzene rings is 1. The number of unbranched alkanes of at least 4 members (excludes halogenated alkanes) is 3. The highest BCUT2D eigenvalue weighted by molar-refractivity contribution is 7.09. The summed E-state index contributed by atoms with van der Waals surface area (Å²) >= 11 is 1.79. The first-order valence-corrected chi connectivity index (χ1v) is 9.40. The van der Waals surface area contributed by atoms with Crippen molar-refractivity contribution >= 4 is 17.4 Å². The molecule has 0 atom stereocenters. The molecule has 1 aromatic heterocycles. The van der Waals surface area contributed by atoms with Crippen molar-refractivity contribution in [2.24, 2.45) is 0 Å². The van der Waals surface area contributed by atoms with Crippen molar-refractivity contribution in [3.05, 3.63) is 58.3 Å². The van der Waals surface area contributed by atoms with Gasteiger partial charge in [0.05, 0.1) is 0 Å². The number of carbonyl (C=O) groups is 1. The van der Waals surface area contributed by atoms with Crippen LogP contribution < -0.4 is 10.6 Å². The monoisotopic (exact) mass is 346 g/mol. The lowest BCUT2D eigenvalue weighted by Crippen LogP contribution is -2.25. The van der Waals surface area contributed by atoms with Gasteiger partial charge in [0.25, 0.3) is 0 Å². The van der Waals surface area contributed by atoms with Gasteiger partial charge >= 0.3 is 6.09 Å². The molecule has 1 aromatic carbocycles. The first-order valence-electron chi connectivity index (χ1n) is 8.52. The molecule has 0 unspecified atom stereocenters. The normalized spacial score (nSPS) is 10.5. The second-order valence-electron chi connectivity index (χ2n) is 5.66. The molecule has 0 aliphatic heterocycles. The van der Waals surface area contributed by atoms with Crippen LogP contribution in [0.4, 0.5) is 4.79 Å². The second kappa shape index (κ2) is 11.6. The van der Waals surface area contributed by atoms with Crippen molar-refractivity contribution < 1.29 is 9.53 Å². The van der Waals surface area contributed by atoms with E-state index in [0.717, 1.165) is 31.5 Å². The second-order valence-corrected chi connectivity index (χ2v) is 6.69. The Bertz CT molecular complexity index is 558. The fourth-order valence-electron chi connectivity index (χ4n) is 2.32. The number of amides is 1. The first kappa shape index (κ1) is 18.5. The van der Waals surface area contributed by atoms with E-state index in [4.69, 9.17) is 4.74 Å². The Morgan fingerprint density at radius 2 is 1.75 bits per heavy atom. The number of hydrogen-bond donors (Lipinski definition) is 2. The zero-order valence-electron chi connectivity index (χ0n) is 14.0. The van der Waals surface area contributed by atoms with Crippen LogP contribution >= 0.6 is 11.3 Å². The van der Waals surface area contributed by atoms with Crippen molar-refractivity contribution in [1.29, 1.82) is 0 Å². The predicted octanol–water partition coefficient (Wildman–Crippen LogP) is 4.32. The molecule has 24 heavy (non-hydrogen) atoms. The van der Waals surface area contributed by atoms with E-state index < -0.39 is 0 Å². The van der Waals surface area contributed by atoms with Crippen LogP contribution in [-0.4, -0.2) is 19.2 Å². The van der Waals surface area contributed by atoms with Crippen LogP contribution in [0, 0.1) is 0 Å². The van der Waals surface area contributed by atoms with E-state index >= 15 is 0 Å². The first-order chi connectivity index (χ1) is 11.8. The number of nitrogens with one attached hydrogen (secondary N) is 2. The molecule has 2 N–H and O–H groups in total. The molecule has 0 bridgehead atoms. The summed E-state index contributed by atoms with van der Waals surface area (Å²) in [6.45, 7) is 3.01. The summed E-state index contributed by atoms with van der Waals surface area (Å²) in [6.07, 6.45) is 4.13. The lowest BCUT2D eigenvalue weighted by molar-refractivity contribution is 0.139. The molecule has 0 aliphatic rings. The highest BCUT2D eigenvalue weighted by atomic mass is 32.1. The van der Waals surface area contributed by atoms with Gasteiger partial charge in [0.1, 0.15) is 6.61 Å². The van der Waals surface area contributed by atoms with Crippen molar-refractivity contribution in [2.45, 2.75) is 38.8 Å². The fourth-order valence-corrected chi connectivity index (χ4v) is 2.99. The maximum absolute atomic E-state index is 11.6. The van der Waals surface area contributed by atoms with Crippen molar-refractivity contribution in [3.8, 4) is 0 Å². The molecule has 0 fully saturated rings. The van der Waals surface area contributed by atoms with Crippen molar-refractivity contribution in [2.75, 3.05) is 13.1 Å². The number of alkyl carbamates (subject to hydrolysis) is 1. The Kier molecular flexibility index (Phi) is 8.97. The molecule has 2 aromatic rings. The van der Waals surface area contributed by atoms with Crippen LogP contribution in [0.3, 0.4) is 0 Å². The Labute approximate surface area is 148 Å². The topological polar surface area (TPSA) is 50.4 Å². The minimum Gasteiger partial charge on any atom is -0.445 e. The van der Waals surface area contributed by atoms with E-state index in [1.165, 1.54) is 17.7 Å². The van der Waals surface area contributed by atoms with Gasteiger partial charge in [-0.2, -0.15) is 0 Å². The van der Waals surface area contributed by atoms with Gasteiger partial charge in [-0.1, -0.05) is 49.2 Å². The van der Waals surface area contributed by atoms with E-state index in [0.29, 0.717) is 13.2 Å². The molecule has 5 heteroatoms. The van der Waals surface area contributed by atoms with Crippen LogP contribution in [0.2, 0.25) is 0 Å². The average molecular weight is 346 g/mol. The summed E-state index contributed by atoms with van der Waals surface area (Å²) < 4.78 is 5.16. The number of thiophene rings is 1. The van der Waals surface area contributed by atoms with Crippen molar-refractivity contribution in [1.82, 2.24) is 10.6 Å². The standard InChI is InChI=1S/C19H26N2O2S/c22-19(23-16-17-9-4-3-5-10-17)21-13-7-2-1-6-12-20-15-18-11-8-14-24-18/h3-5,8-11,14,20H,1-2,6-7,12-13,15-16H2,(H,21,22). The summed E-state index contributed by atoms with van der Waals surface area (Å²) in [5, 5.41) is 8.35. The minimum absolute atomic E-state index is 0.322. The predicted molar refractivity (Wildman–Crippen MR) is 99.1 cm³/mol. The Balaban J connectivity index is 1.37. The molecule has 1 amide bonds. The van der Waals surface area contributed by atoms with Gasteiger partial charge in [0.2, 0.25) is 0 Å². The maximum atomic E-state index is 11.6. The summed E-state index contributed by atoms with van der Waals surface area (Å²) in [4.78, 5) is 12.9. The summed E-state index contributed by atoms with van der Waals surface area (Å²) in [5.74, 6) is 0. The molecule has 0 spiro atoms. The third kappa shape index (κ3) is 8.13. The van der Waals surface area contributed by atoms with Gasteiger partial charge in [-0.05, 0) is 36.4 Å². The SMILES string of the molecule is O=C(NCCCCCCNCc1cccs1)OCc1ccccc1. The summed E-state index contributed by atoms with van der Waals surface area (Å²) in [7, 11) is 0. The molecule has 0 saturated carbocycles. The smallest absolute Gasteiger partial charge is 0.407 e. The zero-order valence-corrected chi connectivity index (χ0v) is 14.8. The van der Waals surface area contributed by atoms with Crippen LogP contribution in [0.15, 0.2) is 47.8 Å². The Hall–Kier alpha value is -1.85. The molecule has 130 valence electrons. The van der Waals surface area contributed by atoms with Crippen LogP contribution in [0.1, 0.15) is 36.1 Å². The van der Waals surface area contributed by atoms with E-state index in [1.807, 2.05) is 30.3 Å². The van der Waals surface area contributed by atoms with Crippen LogP contribution in [0.5, 0.6) is 0 Å². The Morgan fingerprint density at radius 1 is 0.958 bits per heavy atom. The number of rotatable bonds is 11. The summed E-state index contributed by atoms with van der Waals surface area (Å²) in [5.41, 5.74) is 1.00. The molecular weight excluding hydrogens is 320 g/mol. The number of carbonyl (C=O) groups excluding carboxylic acids is 1. The van der Waals surface area contributed by atoms with E-state index in [-0.39, 0.29) is 6.09 Å². The molecule has 4 nitrogen and oxygen atoms in total. The van der Waals surface area contributed by atoms with E-state index in [1.54, 1.807) is 11.3 Å². The van der Waals surface area contributed by atoms with E-state index in [2.05, 4.69) is 28.1 Å². The molecule has 2 rings (SSSR count). The van der Waals surface area contributed by atoms with Gasteiger partial charge in [0.15, 0.2) is 0 Å². The number of hydrogen-bond acceptors (Lipinski definition) is 4. The van der Waals surface area contributed by atoms with E-state index in [9.17, 15) is 4.79 Å². The van der Waals surface area contributed by atoms with Gasteiger partial charge in [-0.3, -0.25) is 0 Å². The van der Waals surface area contributed by atoms with Gasteiger partial charge in [0, 0.05) is 18.0 Å². The molecule has 1 heterocycles. The average Bonchev–Trinajstić information content (AvgIpc) is 3.13. The molecule has 0 radical (unpaired) electrons. The van der Waals surface area contributed by atoms with Crippen LogP contribution in [-0.2, 0) is 17.9 Å². The Morgan fingerprint density at radius 3 is 2.50 bits per heavy atom. The molecular formula is C19H26N2O2S. The molecule has 0 aliphatic carbocycles. The van der Waals surface area contributed by atoms with Crippen molar-refractivity contribution in [3.63, 3.8) is 0 Å². The maximum Gasteiger partial charge on any atom is 0.407 e. The quantitative estimate of drug-likeness (QED) is 0.596. The molecule has 0 saturated heterocycles. The zero-order chi connectivity index (χ0) is 16.9. The highest BCUT2D eigenvalue weighted by Crippen LogP contribution is 2.07.